The molecule has 1 saturated carbocycles. The maximum absolute atomic E-state index is 13.0. The Morgan fingerprint density at radius 2 is 2.05 bits per heavy atom. The number of nitrogens with one attached hydrogen (secondary N) is 1. The van der Waals surface area contributed by atoms with Gasteiger partial charge in [0.1, 0.15) is 29.7 Å². The standard InChI is InChI=1S/C15H15ClFNO2/c16-14-7-11(5-6-15(14)17)19-9-13-4-3-12(20-13)8-18-10-1-2-10/h3-7,10,18H,1-2,8-9H2. The predicted octanol–water partition coefficient (Wildman–Crippen LogP) is 3.90. The first-order valence-corrected chi connectivity index (χ1v) is 6.97. The normalized spacial score (nSPS) is 14.5. The van der Waals surface area contributed by atoms with Crippen molar-refractivity contribution < 1.29 is 13.5 Å². The molecule has 0 radical (unpaired) electrons. The van der Waals surface area contributed by atoms with E-state index in [-0.39, 0.29) is 5.02 Å². The van der Waals surface area contributed by atoms with Gasteiger partial charge in [0.05, 0.1) is 11.6 Å². The highest BCUT2D eigenvalue weighted by Gasteiger charge is 2.20. The molecule has 1 aromatic heterocycles. The second-order valence-electron chi connectivity index (χ2n) is 4.89. The maximum Gasteiger partial charge on any atom is 0.146 e. The van der Waals surface area contributed by atoms with E-state index in [0.29, 0.717) is 18.4 Å². The van der Waals surface area contributed by atoms with Gasteiger partial charge < -0.3 is 14.5 Å². The Kier molecular flexibility index (Phi) is 3.94. The van der Waals surface area contributed by atoms with Gasteiger partial charge in [-0.2, -0.15) is 0 Å². The Hall–Kier alpha value is -1.52. The molecule has 0 atom stereocenters. The molecule has 0 unspecified atom stereocenters. The van der Waals surface area contributed by atoms with Crippen LogP contribution in [0.1, 0.15) is 24.4 Å². The summed E-state index contributed by atoms with van der Waals surface area (Å²) in [4.78, 5) is 0. The van der Waals surface area contributed by atoms with Crippen molar-refractivity contribution in [2.45, 2.75) is 32.0 Å². The van der Waals surface area contributed by atoms with Crippen LogP contribution >= 0.6 is 11.6 Å². The first kappa shape index (κ1) is 13.5. The molecule has 3 rings (SSSR count). The minimum Gasteiger partial charge on any atom is -0.486 e. The number of hydrogen-bond acceptors (Lipinski definition) is 3. The quantitative estimate of drug-likeness (QED) is 0.877. The zero-order chi connectivity index (χ0) is 13.9. The highest BCUT2D eigenvalue weighted by molar-refractivity contribution is 6.30. The number of furan rings is 1. The van der Waals surface area contributed by atoms with Crippen molar-refractivity contribution in [1.82, 2.24) is 5.32 Å². The zero-order valence-electron chi connectivity index (χ0n) is 10.9. The van der Waals surface area contributed by atoms with Gasteiger partial charge in [0.2, 0.25) is 0 Å². The lowest BCUT2D eigenvalue weighted by Crippen LogP contribution is -2.14. The van der Waals surface area contributed by atoms with E-state index in [1.54, 1.807) is 6.07 Å². The van der Waals surface area contributed by atoms with Crippen LogP contribution in [0.25, 0.3) is 0 Å². The molecule has 1 fully saturated rings. The first-order valence-electron chi connectivity index (χ1n) is 6.59. The monoisotopic (exact) mass is 295 g/mol. The van der Waals surface area contributed by atoms with E-state index in [0.717, 1.165) is 18.1 Å². The van der Waals surface area contributed by atoms with Gasteiger partial charge in [-0.3, -0.25) is 0 Å². The SMILES string of the molecule is Fc1ccc(OCc2ccc(CNC3CC3)o2)cc1Cl. The molecule has 0 bridgehead atoms. The van der Waals surface area contributed by atoms with Gasteiger partial charge in [-0.15, -0.1) is 0 Å². The van der Waals surface area contributed by atoms with Crippen LogP contribution in [0.2, 0.25) is 5.02 Å². The molecule has 0 aliphatic heterocycles. The van der Waals surface area contributed by atoms with Crippen molar-refractivity contribution in [2.24, 2.45) is 0 Å². The Labute approximate surface area is 121 Å². The van der Waals surface area contributed by atoms with Crippen LogP contribution < -0.4 is 10.1 Å². The third-order valence-electron chi connectivity index (χ3n) is 3.13. The van der Waals surface area contributed by atoms with E-state index < -0.39 is 5.82 Å². The van der Waals surface area contributed by atoms with Crippen molar-refractivity contribution in [3.63, 3.8) is 0 Å². The van der Waals surface area contributed by atoms with Gasteiger partial charge in [0.25, 0.3) is 0 Å². The molecular formula is C15H15ClFNO2. The summed E-state index contributed by atoms with van der Waals surface area (Å²) < 4.78 is 24.2. The van der Waals surface area contributed by atoms with E-state index in [9.17, 15) is 4.39 Å². The summed E-state index contributed by atoms with van der Waals surface area (Å²) in [6, 6.07) is 8.75. The summed E-state index contributed by atoms with van der Waals surface area (Å²) in [5.41, 5.74) is 0. The van der Waals surface area contributed by atoms with Gasteiger partial charge in [-0.25, -0.2) is 4.39 Å². The topological polar surface area (TPSA) is 34.4 Å². The molecule has 2 aromatic rings. The average molecular weight is 296 g/mol. The molecule has 0 saturated heterocycles. The van der Waals surface area contributed by atoms with E-state index >= 15 is 0 Å². The third-order valence-corrected chi connectivity index (χ3v) is 3.42. The second-order valence-corrected chi connectivity index (χ2v) is 5.29. The maximum atomic E-state index is 13.0. The number of rotatable bonds is 6. The first-order chi connectivity index (χ1) is 9.70. The van der Waals surface area contributed by atoms with Crippen molar-refractivity contribution in [3.05, 3.63) is 52.7 Å². The number of benzene rings is 1. The van der Waals surface area contributed by atoms with E-state index in [1.807, 2.05) is 12.1 Å². The Bertz CT molecular complexity index is 595. The second kappa shape index (κ2) is 5.85. The van der Waals surface area contributed by atoms with E-state index in [2.05, 4.69) is 5.32 Å². The fourth-order valence-corrected chi connectivity index (χ4v) is 2.02. The van der Waals surface area contributed by atoms with Crippen LogP contribution in [-0.4, -0.2) is 6.04 Å². The molecule has 1 aliphatic rings. The Balaban J connectivity index is 1.53. The van der Waals surface area contributed by atoms with Crippen molar-refractivity contribution in [3.8, 4) is 5.75 Å². The Morgan fingerprint density at radius 3 is 2.80 bits per heavy atom. The lowest BCUT2D eigenvalue weighted by atomic mass is 10.3. The summed E-state index contributed by atoms with van der Waals surface area (Å²) in [7, 11) is 0. The van der Waals surface area contributed by atoms with Crippen molar-refractivity contribution >= 4 is 11.6 Å². The van der Waals surface area contributed by atoms with Crippen LogP contribution in [0.4, 0.5) is 4.39 Å². The minimum absolute atomic E-state index is 0.0521. The highest BCUT2D eigenvalue weighted by atomic mass is 35.5. The Morgan fingerprint density at radius 1 is 1.25 bits per heavy atom. The molecule has 20 heavy (non-hydrogen) atoms. The molecular weight excluding hydrogens is 281 g/mol. The molecule has 0 spiro atoms. The molecule has 0 amide bonds. The summed E-state index contributed by atoms with van der Waals surface area (Å²) in [6.07, 6.45) is 2.50. The van der Waals surface area contributed by atoms with Crippen molar-refractivity contribution in [1.29, 1.82) is 0 Å². The number of ether oxygens (including phenoxy) is 1. The fraction of sp³-hybridized carbons (Fsp3) is 0.333. The molecule has 1 aromatic carbocycles. The molecule has 5 heteroatoms. The predicted molar refractivity (Wildman–Crippen MR) is 74.3 cm³/mol. The third kappa shape index (κ3) is 3.52. The smallest absolute Gasteiger partial charge is 0.146 e. The summed E-state index contributed by atoms with van der Waals surface area (Å²) in [6.45, 7) is 1.04. The summed E-state index contributed by atoms with van der Waals surface area (Å²) >= 11 is 5.69. The lowest BCUT2D eigenvalue weighted by molar-refractivity contribution is 0.264. The van der Waals surface area contributed by atoms with Gasteiger partial charge >= 0.3 is 0 Å². The molecule has 3 nitrogen and oxygen atoms in total. The largest absolute Gasteiger partial charge is 0.486 e. The number of hydrogen-bond donors (Lipinski definition) is 1. The van der Waals surface area contributed by atoms with E-state index in [4.69, 9.17) is 20.8 Å². The molecule has 1 aliphatic carbocycles. The molecule has 1 heterocycles. The van der Waals surface area contributed by atoms with E-state index in [1.165, 1.54) is 25.0 Å². The van der Waals surface area contributed by atoms with Gasteiger partial charge in [0.15, 0.2) is 0 Å². The summed E-state index contributed by atoms with van der Waals surface area (Å²) in [5.74, 6) is 1.70. The van der Waals surface area contributed by atoms with Crippen molar-refractivity contribution in [2.75, 3.05) is 0 Å². The lowest BCUT2D eigenvalue weighted by Gasteiger charge is -2.05. The van der Waals surface area contributed by atoms with Gasteiger partial charge in [-0.1, -0.05) is 11.6 Å². The zero-order valence-corrected chi connectivity index (χ0v) is 11.6. The van der Waals surface area contributed by atoms with Crippen LogP contribution in [-0.2, 0) is 13.2 Å². The molecule has 1 N–H and O–H groups in total. The van der Waals surface area contributed by atoms with Gasteiger partial charge in [0, 0.05) is 12.1 Å². The van der Waals surface area contributed by atoms with Crippen LogP contribution in [0, 0.1) is 5.82 Å². The van der Waals surface area contributed by atoms with Crippen LogP contribution in [0.5, 0.6) is 5.75 Å². The van der Waals surface area contributed by atoms with Gasteiger partial charge in [-0.05, 0) is 37.1 Å². The summed E-state index contributed by atoms with van der Waals surface area (Å²) in [5, 5.41) is 3.43. The van der Waals surface area contributed by atoms with Crippen LogP contribution in [0.15, 0.2) is 34.7 Å². The fourth-order valence-electron chi connectivity index (χ4n) is 1.85. The average Bonchev–Trinajstić information content (AvgIpc) is 3.16. The minimum atomic E-state index is -0.453. The van der Waals surface area contributed by atoms with Crippen LogP contribution in [0.3, 0.4) is 0 Å². The number of halogens is 2. The highest BCUT2D eigenvalue weighted by Crippen LogP contribution is 2.22. The molecule has 106 valence electrons.